The third kappa shape index (κ3) is 5.50. The van der Waals surface area contributed by atoms with Gasteiger partial charge in [-0.2, -0.15) is 0 Å². The van der Waals surface area contributed by atoms with Gasteiger partial charge in [-0.1, -0.05) is 0 Å². The number of ether oxygens (including phenoxy) is 2. The summed E-state index contributed by atoms with van der Waals surface area (Å²) in [5.74, 6) is -0.279. The van der Waals surface area contributed by atoms with E-state index in [4.69, 9.17) is 9.47 Å². The van der Waals surface area contributed by atoms with Crippen LogP contribution in [0.3, 0.4) is 0 Å². The first-order valence-electron chi connectivity index (χ1n) is 8.37. The third-order valence-corrected chi connectivity index (χ3v) is 5.91. The molecule has 1 aromatic rings. The zero-order chi connectivity index (χ0) is 18.4. The normalized spacial score (nSPS) is 19.6. The van der Waals surface area contributed by atoms with E-state index in [2.05, 4.69) is 5.32 Å². The maximum atomic E-state index is 12.2. The van der Waals surface area contributed by atoms with Gasteiger partial charge >= 0.3 is 0 Å². The predicted molar refractivity (Wildman–Crippen MR) is 94.9 cm³/mol. The molecule has 7 nitrogen and oxygen atoms in total. The molecule has 2 unspecified atom stereocenters. The summed E-state index contributed by atoms with van der Waals surface area (Å²) in [6, 6.07) is 6.05. The number of hydrogen-bond acceptors (Lipinski definition) is 5. The Balaban J connectivity index is 1.87. The monoisotopic (exact) mass is 370 g/mol. The second-order valence-electron chi connectivity index (χ2n) is 6.27. The molecule has 1 aliphatic rings. The highest BCUT2D eigenvalue weighted by Gasteiger charge is 2.20. The number of amides is 1. The molecule has 25 heavy (non-hydrogen) atoms. The number of nitrogens with zero attached hydrogens (tertiary/aromatic N) is 1. The van der Waals surface area contributed by atoms with E-state index < -0.39 is 16.1 Å². The van der Waals surface area contributed by atoms with Gasteiger partial charge in [0.15, 0.2) is 0 Å². The van der Waals surface area contributed by atoms with Crippen molar-refractivity contribution in [2.75, 3.05) is 32.6 Å². The van der Waals surface area contributed by atoms with Crippen molar-refractivity contribution in [2.45, 2.75) is 43.3 Å². The summed E-state index contributed by atoms with van der Waals surface area (Å²) < 4.78 is 36.3. The van der Waals surface area contributed by atoms with Crippen LogP contribution in [-0.2, 0) is 24.3 Å². The van der Waals surface area contributed by atoms with Crippen LogP contribution in [0.1, 0.15) is 26.2 Å². The van der Waals surface area contributed by atoms with Gasteiger partial charge in [-0.25, -0.2) is 12.7 Å². The van der Waals surface area contributed by atoms with Crippen molar-refractivity contribution >= 4 is 21.6 Å². The number of nitrogens with one attached hydrogen (secondary N) is 1. The molecule has 1 saturated heterocycles. The van der Waals surface area contributed by atoms with Crippen LogP contribution in [0.15, 0.2) is 29.2 Å². The number of hydrogen-bond donors (Lipinski definition) is 1. The van der Waals surface area contributed by atoms with Gasteiger partial charge in [0.1, 0.15) is 6.10 Å². The number of carbonyl (C=O) groups excluding carboxylic acids is 1. The van der Waals surface area contributed by atoms with Crippen molar-refractivity contribution in [3.8, 4) is 0 Å². The van der Waals surface area contributed by atoms with Crippen LogP contribution in [0.25, 0.3) is 0 Å². The number of benzene rings is 1. The van der Waals surface area contributed by atoms with Crippen LogP contribution in [0, 0.1) is 0 Å². The molecule has 140 valence electrons. The lowest BCUT2D eigenvalue weighted by atomic mass is 10.1. The summed E-state index contributed by atoms with van der Waals surface area (Å²) in [4.78, 5) is 12.3. The standard InChI is InChI=1S/C17H26N2O5S/c1-13(24-12-15-6-4-5-11-23-15)17(20)18-14-7-9-16(10-8-14)25(21,22)19(2)3/h7-10,13,15H,4-6,11-12H2,1-3H3,(H,18,20). The molecule has 0 saturated carbocycles. The lowest BCUT2D eigenvalue weighted by Crippen LogP contribution is -2.32. The summed E-state index contributed by atoms with van der Waals surface area (Å²) in [6.45, 7) is 2.83. The fourth-order valence-corrected chi connectivity index (χ4v) is 3.33. The molecule has 0 aliphatic carbocycles. The van der Waals surface area contributed by atoms with E-state index in [0.717, 1.165) is 30.2 Å². The lowest BCUT2D eigenvalue weighted by molar-refractivity contribution is -0.130. The quantitative estimate of drug-likeness (QED) is 0.792. The summed E-state index contributed by atoms with van der Waals surface area (Å²) in [5, 5.41) is 2.72. The van der Waals surface area contributed by atoms with E-state index in [1.54, 1.807) is 19.1 Å². The molecule has 0 radical (unpaired) electrons. The van der Waals surface area contributed by atoms with Crippen LogP contribution in [0.2, 0.25) is 0 Å². The third-order valence-electron chi connectivity index (χ3n) is 4.08. The van der Waals surface area contributed by atoms with Crippen molar-refractivity contribution in [1.29, 1.82) is 0 Å². The molecular formula is C17H26N2O5S. The smallest absolute Gasteiger partial charge is 0.253 e. The first-order chi connectivity index (χ1) is 11.8. The number of rotatable bonds is 7. The van der Waals surface area contributed by atoms with Gasteiger partial charge < -0.3 is 14.8 Å². The molecule has 1 amide bonds. The Morgan fingerprint density at radius 3 is 2.56 bits per heavy atom. The van der Waals surface area contributed by atoms with Gasteiger partial charge in [-0.15, -0.1) is 0 Å². The summed E-state index contributed by atoms with van der Waals surface area (Å²) in [5.41, 5.74) is 0.520. The van der Waals surface area contributed by atoms with Gasteiger partial charge in [0, 0.05) is 26.4 Å². The van der Waals surface area contributed by atoms with E-state index in [1.807, 2.05) is 0 Å². The van der Waals surface area contributed by atoms with E-state index in [9.17, 15) is 13.2 Å². The summed E-state index contributed by atoms with van der Waals surface area (Å²) in [7, 11) is -0.533. The van der Waals surface area contributed by atoms with E-state index >= 15 is 0 Å². The van der Waals surface area contributed by atoms with E-state index in [0.29, 0.717) is 12.3 Å². The SMILES string of the molecule is CC(OCC1CCCCO1)C(=O)Nc1ccc(S(=O)(=O)N(C)C)cc1. The van der Waals surface area contributed by atoms with Crippen LogP contribution in [-0.4, -0.2) is 58.1 Å². The van der Waals surface area contributed by atoms with Crippen LogP contribution in [0.5, 0.6) is 0 Å². The first-order valence-corrected chi connectivity index (χ1v) is 9.81. The Morgan fingerprint density at radius 2 is 2.00 bits per heavy atom. The van der Waals surface area contributed by atoms with Crippen molar-refractivity contribution < 1.29 is 22.7 Å². The molecular weight excluding hydrogens is 344 g/mol. The Hall–Kier alpha value is -1.48. The van der Waals surface area contributed by atoms with Gasteiger partial charge in [-0.3, -0.25) is 4.79 Å². The Kier molecular flexibility index (Phi) is 6.95. The molecule has 1 aliphatic heterocycles. The van der Waals surface area contributed by atoms with Crippen molar-refractivity contribution in [1.82, 2.24) is 4.31 Å². The van der Waals surface area contributed by atoms with Gasteiger partial charge in [0.25, 0.3) is 5.91 Å². The summed E-state index contributed by atoms with van der Waals surface area (Å²) in [6.07, 6.45) is 2.59. The lowest BCUT2D eigenvalue weighted by Gasteiger charge is -2.23. The Labute approximate surface area is 149 Å². The van der Waals surface area contributed by atoms with Crippen LogP contribution in [0.4, 0.5) is 5.69 Å². The van der Waals surface area contributed by atoms with Gasteiger partial charge in [-0.05, 0) is 50.5 Å². The summed E-state index contributed by atoms with van der Waals surface area (Å²) >= 11 is 0. The average Bonchev–Trinajstić information content (AvgIpc) is 2.60. The number of anilines is 1. The molecule has 0 bridgehead atoms. The van der Waals surface area contributed by atoms with Crippen LogP contribution < -0.4 is 5.32 Å². The Morgan fingerprint density at radius 1 is 1.32 bits per heavy atom. The fraction of sp³-hybridized carbons (Fsp3) is 0.588. The highest BCUT2D eigenvalue weighted by molar-refractivity contribution is 7.89. The highest BCUT2D eigenvalue weighted by atomic mass is 32.2. The zero-order valence-corrected chi connectivity index (χ0v) is 15.7. The molecule has 1 N–H and O–H groups in total. The zero-order valence-electron chi connectivity index (χ0n) is 14.9. The van der Waals surface area contributed by atoms with Gasteiger partial charge in [0.2, 0.25) is 10.0 Å². The molecule has 1 fully saturated rings. The first kappa shape index (κ1) is 19.8. The largest absolute Gasteiger partial charge is 0.376 e. The second-order valence-corrected chi connectivity index (χ2v) is 8.42. The van der Waals surface area contributed by atoms with Crippen molar-refractivity contribution in [3.05, 3.63) is 24.3 Å². The highest BCUT2D eigenvalue weighted by Crippen LogP contribution is 2.17. The minimum Gasteiger partial charge on any atom is -0.376 e. The topological polar surface area (TPSA) is 84.9 Å². The van der Waals surface area contributed by atoms with Gasteiger partial charge in [0.05, 0.1) is 17.6 Å². The maximum Gasteiger partial charge on any atom is 0.253 e. The molecule has 1 heterocycles. The predicted octanol–water partition coefficient (Wildman–Crippen LogP) is 1.85. The molecule has 0 aromatic heterocycles. The molecule has 2 atom stereocenters. The molecule has 2 rings (SSSR count). The minimum atomic E-state index is -3.48. The van der Waals surface area contributed by atoms with Crippen molar-refractivity contribution in [2.24, 2.45) is 0 Å². The number of carbonyl (C=O) groups is 1. The van der Waals surface area contributed by atoms with E-state index in [1.165, 1.54) is 26.2 Å². The van der Waals surface area contributed by atoms with E-state index in [-0.39, 0.29) is 16.9 Å². The fourth-order valence-electron chi connectivity index (χ4n) is 2.43. The van der Waals surface area contributed by atoms with Crippen LogP contribution >= 0.6 is 0 Å². The molecule has 0 spiro atoms. The maximum absolute atomic E-state index is 12.2. The number of sulfonamides is 1. The minimum absolute atomic E-state index is 0.0551. The Bertz CT molecular complexity index is 667. The molecule has 1 aromatic carbocycles. The molecule has 8 heteroatoms. The second kappa shape index (κ2) is 8.75. The average molecular weight is 370 g/mol. The van der Waals surface area contributed by atoms with Crippen molar-refractivity contribution in [3.63, 3.8) is 0 Å².